The molecule has 11 rings (SSSR count). The van der Waals surface area contributed by atoms with Crippen LogP contribution in [-0.2, 0) is 31.6 Å². The van der Waals surface area contributed by atoms with Crippen molar-refractivity contribution in [3.05, 3.63) is 165 Å². The van der Waals surface area contributed by atoms with Gasteiger partial charge < -0.3 is 38.3 Å². The van der Waals surface area contributed by atoms with E-state index in [1.165, 1.54) is 0 Å². The topological polar surface area (TPSA) is 307 Å². The van der Waals surface area contributed by atoms with Gasteiger partial charge in [0, 0.05) is 67.3 Å². The molecule has 0 atom stereocenters. The number of carboxylic acids is 1. The number of H-pyrrole nitrogens is 2. The zero-order chi connectivity index (χ0) is 60.0. The average Bonchev–Trinajstić information content (AvgIpc) is 4.48. The van der Waals surface area contributed by atoms with E-state index in [1.54, 1.807) is 12.4 Å². The van der Waals surface area contributed by atoms with Crippen LogP contribution in [0.5, 0.6) is 0 Å². The van der Waals surface area contributed by atoms with Crippen LogP contribution in [0.1, 0.15) is 84.6 Å². The number of amides is 2. The van der Waals surface area contributed by atoms with Crippen LogP contribution in [-0.4, -0.2) is 80.3 Å². The number of halogens is 11. The number of aromatic amines is 2. The number of nitrogens with one attached hydrogen (secondary N) is 5. The summed E-state index contributed by atoms with van der Waals surface area (Å²) in [6, 6.07) is 21.6. The van der Waals surface area contributed by atoms with E-state index in [9.17, 15) is 53.9 Å². The third kappa shape index (κ3) is 15.7. The molecule has 2 aromatic carbocycles. The average molecular weight is 1200 g/mol. The number of nitrogens with two attached hydrogens (primary N) is 3. The smallest absolute Gasteiger partial charge is 0.417 e. The summed E-state index contributed by atoms with van der Waals surface area (Å²) in [6.07, 6.45) is -5.11. The molecule has 0 spiro atoms. The maximum absolute atomic E-state index is 13.1. The number of fused-ring (bicyclic) bond motifs is 2. The summed E-state index contributed by atoms with van der Waals surface area (Å²) in [4.78, 5) is 53.5. The number of carbonyl (C=O) groups is 3. The lowest BCUT2D eigenvalue weighted by molar-refractivity contribution is -0.138. The molecule has 83 heavy (non-hydrogen) atoms. The molecule has 0 saturated heterocycles. The van der Waals surface area contributed by atoms with Gasteiger partial charge in [0.2, 0.25) is 0 Å². The largest absolute Gasteiger partial charge is 0.478 e. The molecule has 2 aliphatic rings. The number of rotatable bonds is 11. The van der Waals surface area contributed by atoms with Crippen molar-refractivity contribution in [3.63, 3.8) is 0 Å². The Kier molecular flexibility index (Phi) is 18.0. The fraction of sp³-hybridized carbons (Fsp3) is 0.208. The fourth-order valence-electron chi connectivity index (χ4n) is 7.42. The first-order chi connectivity index (χ1) is 39.2. The highest BCUT2D eigenvalue weighted by molar-refractivity contribution is 6.33. The second kappa shape index (κ2) is 24.9. The van der Waals surface area contributed by atoms with Crippen LogP contribution in [0, 0.1) is 0 Å². The summed E-state index contributed by atoms with van der Waals surface area (Å²) >= 11 is 10.9. The zero-order valence-corrected chi connectivity index (χ0v) is 44.0. The molecule has 30 heteroatoms. The van der Waals surface area contributed by atoms with Crippen LogP contribution in [0.4, 0.5) is 57.0 Å². The van der Waals surface area contributed by atoms with Gasteiger partial charge in [-0.25, -0.2) is 29.7 Å². The minimum absolute atomic E-state index is 0.00791. The minimum atomic E-state index is -4.62. The standard InChI is InChI=1S/C23H20F3N7O.C13H13N5.C10H8ClF3N2O.C7H3ClF3NO2/c24-23(25,26)15-8-18(22(34)31-16-5-6-16)20(30-11-15)28-9-12-1-3-13(4-2-12)14-7-17-19(27)32-33-21(17)29-10-14;14-6-8-1-3-9(4-2-8)10-5-11-12(15)17-18-13(11)16-7-10;11-8-7(9(17)16-6-1-2-6)3-5(4-15-8)10(12,13)14;8-5-4(6(13)14)1-3(2-12-5)7(9,10)11/h1-4,7-8,10-11,16H,5-6,9H2,(H,28,30)(H,31,34)(H3,27,29,32,33);1-5,7H,6,14H2,(H3,15,16,17,18);3-4,6H,1-2H2,(H,16,17);1-2H,(H,13,14). The van der Waals surface area contributed by atoms with Gasteiger partial charge in [0.15, 0.2) is 11.3 Å². The third-order valence-corrected chi connectivity index (χ3v) is 12.8. The Hall–Kier alpha value is -9.15. The molecule has 0 bridgehead atoms. The molecular weight excluding hydrogens is 1150 g/mol. The van der Waals surface area contributed by atoms with E-state index in [2.05, 4.69) is 61.3 Å². The van der Waals surface area contributed by atoms with Crippen LogP contribution < -0.4 is 33.2 Å². The highest BCUT2D eigenvalue weighted by Crippen LogP contribution is 2.34. The number of hydrogen-bond acceptors (Lipinski definition) is 14. The zero-order valence-electron chi connectivity index (χ0n) is 42.5. The van der Waals surface area contributed by atoms with Crippen molar-refractivity contribution in [1.82, 2.24) is 55.9 Å². The predicted molar refractivity (Wildman–Crippen MR) is 288 cm³/mol. The second-order valence-electron chi connectivity index (χ2n) is 18.5. The molecule has 0 radical (unpaired) electrons. The molecule has 432 valence electrons. The van der Waals surface area contributed by atoms with Gasteiger partial charge in [-0.15, -0.1) is 0 Å². The molecule has 7 aromatic heterocycles. The number of benzene rings is 2. The highest BCUT2D eigenvalue weighted by atomic mass is 35.5. The van der Waals surface area contributed by atoms with Crippen molar-refractivity contribution in [1.29, 1.82) is 0 Å². The van der Waals surface area contributed by atoms with E-state index >= 15 is 0 Å². The lowest BCUT2D eigenvalue weighted by atomic mass is 10.0. The Bertz CT molecular complexity index is 3820. The number of nitrogens with zero attached hydrogens (tertiary/aromatic N) is 7. The summed E-state index contributed by atoms with van der Waals surface area (Å²) < 4.78 is 113. The minimum Gasteiger partial charge on any atom is -0.478 e. The molecule has 12 N–H and O–H groups in total. The number of anilines is 3. The Morgan fingerprint density at radius 3 is 1.36 bits per heavy atom. The number of hydrogen-bond donors (Lipinski definition) is 9. The molecule has 2 aliphatic carbocycles. The van der Waals surface area contributed by atoms with Crippen LogP contribution in [0.15, 0.2) is 110 Å². The van der Waals surface area contributed by atoms with E-state index in [1.807, 2.05) is 60.7 Å². The van der Waals surface area contributed by atoms with Crippen LogP contribution >= 0.6 is 23.2 Å². The van der Waals surface area contributed by atoms with E-state index < -0.39 is 63.7 Å². The Balaban J connectivity index is 0.000000156. The van der Waals surface area contributed by atoms with Gasteiger partial charge >= 0.3 is 24.5 Å². The van der Waals surface area contributed by atoms with Crippen LogP contribution in [0.2, 0.25) is 10.3 Å². The van der Waals surface area contributed by atoms with Crippen molar-refractivity contribution in [3.8, 4) is 22.3 Å². The number of aromatic carboxylic acids is 1. The van der Waals surface area contributed by atoms with Crippen LogP contribution in [0.25, 0.3) is 44.3 Å². The van der Waals surface area contributed by atoms with Gasteiger partial charge in [-0.3, -0.25) is 19.8 Å². The maximum Gasteiger partial charge on any atom is 0.417 e. The molecule has 0 aliphatic heterocycles. The summed E-state index contributed by atoms with van der Waals surface area (Å²) in [5, 5.41) is 31.0. The SMILES string of the molecule is NCc1ccc(-c2cnc3n[nH]c(N)c3c2)cc1.Nc1[nH]nc2ncc(-c3ccc(CNc4ncc(C(F)(F)F)cc4C(=O)NC4CC4)cc3)cc12.O=C(NC1CC1)c1cc(C(F)(F)F)cnc1Cl.O=C(O)c1cc(C(F)(F)F)cnc1Cl. The third-order valence-electron chi connectivity index (χ3n) is 12.2. The van der Waals surface area contributed by atoms with Crippen molar-refractivity contribution >= 4 is 80.5 Å². The number of carbonyl (C=O) groups excluding carboxylic acids is 2. The number of nitrogen functional groups attached to an aromatic ring is 2. The highest BCUT2D eigenvalue weighted by Gasteiger charge is 2.35. The van der Waals surface area contributed by atoms with Crippen molar-refractivity contribution < 1.29 is 59.0 Å². The first kappa shape index (κ1) is 60.0. The fourth-order valence-corrected chi connectivity index (χ4v) is 7.79. The first-order valence-corrected chi connectivity index (χ1v) is 25.2. The van der Waals surface area contributed by atoms with Crippen molar-refractivity contribution in [2.75, 3.05) is 16.8 Å². The van der Waals surface area contributed by atoms with E-state index in [-0.39, 0.29) is 40.7 Å². The molecule has 0 unspecified atom stereocenters. The first-order valence-electron chi connectivity index (χ1n) is 24.4. The predicted octanol–water partition coefficient (Wildman–Crippen LogP) is 10.9. The lowest BCUT2D eigenvalue weighted by Gasteiger charge is -2.14. The maximum atomic E-state index is 13.1. The van der Waals surface area contributed by atoms with E-state index in [0.717, 1.165) is 82.1 Å². The monoisotopic (exact) mass is 1200 g/mol. The molecule has 19 nitrogen and oxygen atoms in total. The Morgan fingerprint density at radius 2 is 0.940 bits per heavy atom. The van der Waals surface area contributed by atoms with Crippen molar-refractivity contribution in [2.45, 2.75) is 69.4 Å². The summed E-state index contributed by atoms with van der Waals surface area (Å²) in [5.41, 5.74) is 20.1. The Labute approximate surface area is 472 Å². The van der Waals surface area contributed by atoms with Gasteiger partial charge in [-0.1, -0.05) is 71.7 Å². The Morgan fingerprint density at radius 1 is 0.542 bits per heavy atom. The van der Waals surface area contributed by atoms with E-state index in [4.69, 9.17) is 45.5 Å². The number of carboxylic acid groups (broad SMARTS) is 1. The molecular formula is C53H44Cl2F9N15O4. The molecule has 7 heterocycles. The molecule has 2 amide bonds. The molecule has 9 aromatic rings. The van der Waals surface area contributed by atoms with Crippen LogP contribution in [0.3, 0.4) is 0 Å². The summed E-state index contributed by atoms with van der Waals surface area (Å²) in [7, 11) is 0. The normalized spacial score (nSPS) is 13.2. The van der Waals surface area contributed by atoms with Gasteiger partial charge in [-0.2, -0.15) is 49.7 Å². The molecule has 2 fully saturated rings. The second-order valence-corrected chi connectivity index (χ2v) is 19.2. The number of alkyl halides is 9. The molecule has 2 saturated carbocycles. The van der Waals surface area contributed by atoms with Gasteiger partial charge in [0.1, 0.15) is 27.8 Å². The summed E-state index contributed by atoms with van der Waals surface area (Å²) in [5.74, 6) is -1.65. The van der Waals surface area contributed by atoms with Gasteiger partial charge in [0.05, 0.1) is 44.2 Å². The van der Waals surface area contributed by atoms with Gasteiger partial charge in [0.25, 0.3) is 11.8 Å². The van der Waals surface area contributed by atoms with E-state index in [0.29, 0.717) is 54.0 Å². The van der Waals surface area contributed by atoms with Crippen molar-refractivity contribution in [2.24, 2.45) is 5.73 Å². The quantitative estimate of drug-likeness (QED) is 0.0430. The number of aromatic nitrogens is 9. The lowest BCUT2D eigenvalue weighted by Crippen LogP contribution is -2.27. The number of pyridine rings is 5. The summed E-state index contributed by atoms with van der Waals surface area (Å²) in [6.45, 7) is 0.820. The van der Waals surface area contributed by atoms with Gasteiger partial charge in [-0.05, 0) is 78.3 Å².